The van der Waals surface area contributed by atoms with Crippen LogP contribution in [-0.2, 0) is 4.79 Å². The quantitative estimate of drug-likeness (QED) is 0.744. The number of nitrogens with one attached hydrogen (secondary N) is 1. The van der Waals surface area contributed by atoms with Crippen molar-refractivity contribution < 1.29 is 19.5 Å². The van der Waals surface area contributed by atoms with Crippen molar-refractivity contribution in [2.45, 2.75) is 13.0 Å². The van der Waals surface area contributed by atoms with Gasteiger partial charge in [-0.05, 0) is 31.2 Å². The molecule has 0 aliphatic carbocycles. The number of rotatable bonds is 4. The zero-order valence-corrected chi connectivity index (χ0v) is 10.6. The van der Waals surface area contributed by atoms with E-state index in [1.807, 2.05) is 0 Å². The summed E-state index contributed by atoms with van der Waals surface area (Å²) in [6, 6.07) is 4.47. The topological polar surface area (TPSA) is 113 Å². The molecule has 0 aliphatic heterocycles. The highest BCUT2D eigenvalue weighted by atomic mass is 16.4. The summed E-state index contributed by atoms with van der Waals surface area (Å²) in [7, 11) is 1.38. The van der Waals surface area contributed by atoms with Gasteiger partial charge < -0.3 is 21.1 Å². The highest BCUT2D eigenvalue weighted by Gasteiger charge is 2.21. The Morgan fingerprint density at radius 2 is 1.79 bits per heavy atom. The summed E-state index contributed by atoms with van der Waals surface area (Å²) in [4.78, 5) is 34.4. The number of carboxylic acid groups (broad SMARTS) is 1. The van der Waals surface area contributed by atoms with Crippen LogP contribution in [0.25, 0.3) is 0 Å². The van der Waals surface area contributed by atoms with Gasteiger partial charge in [0.15, 0.2) is 0 Å². The van der Waals surface area contributed by atoms with Gasteiger partial charge in [-0.3, -0.25) is 4.79 Å². The largest absolute Gasteiger partial charge is 0.480 e. The second-order valence-electron chi connectivity index (χ2n) is 4.00. The number of nitrogens with two attached hydrogens (primary N) is 1. The van der Waals surface area contributed by atoms with Crippen LogP contribution < -0.4 is 11.1 Å². The maximum Gasteiger partial charge on any atom is 0.326 e. The van der Waals surface area contributed by atoms with E-state index in [-0.39, 0.29) is 0 Å². The predicted octanol–water partition coefficient (Wildman–Crippen LogP) is 0.722. The third-order valence-electron chi connectivity index (χ3n) is 2.68. The van der Waals surface area contributed by atoms with Gasteiger partial charge in [0.2, 0.25) is 5.91 Å². The zero-order valence-electron chi connectivity index (χ0n) is 10.6. The molecule has 1 unspecified atom stereocenters. The first-order valence-electron chi connectivity index (χ1n) is 5.49. The van der Waals surface area contributed by atoms with Crippen molar-refractivity contribution in [3.8, 4) is 0 Å². The molecule has 0 aromatic heterocycles. The maximum absolute atomic E-state index is 11.7. The first-order chi connectivity index (χ1) is 8.82. The molecule has 7 heteroatoms. The maximum atomic E-state index is 11.7. The van der Waals surface area contributed by atoms with E-state index in [1.54, 1.807) is 0 Å². The van der Waals surface area contributed by atoms with Crippen LogP contribution in [0.4, 0.5) is 10.5 Å². The fourth-order valence-corrected chi connectivity index (χ4v) is 1.27. The molecule has 0 saturated carbocycles. The van der Waals surface area contributed by atoms with Gasteiger partial charge in [-0.1, -0.05) is 0 Å². The summed E-state index contributed by atoms with van der Waals surface area (Å²) in [6.07, 6.45) is 0. The number of primary amides is 1. The molecule has 0 heterocycles. The molecule has 7 nitrogen and oxygen atoms in total. The number of hydrogen-bond acceptors (Lipinski definition) is 3. The molecule has 0 saturated heterocycles. The van der Waals surface area contributed by atoms with Crippen LogP contribution in [-0.4, -0.2) is 41.0 Å². The summed E-state index contributed by atoms with van der Waals surface area (Å²) < 4.78 is 0. The van der Waals surface area contributed by atoms with E-state index in [4.69, 9.17) is 10.8 Å². The predicted molar refractivity (Wildman–Crippen MR) is 68.8 cm³/mol. The molecule has 1 aromatic carbocycles. The summed E-state index contributed by atoms with van der Waals surface area (Å²) >= 11 is 0. The molecule has 0 aliphatic rings. The van der Waals surface area contributed by atoms with Crippen LogP contribution in [0.5, 0.6) is 0 Å². The standard InChI is InChI=1S/C12H15N3O4/c1-7(11(17)18)15(2)12(19)14-9-5-3-8(4-6-9)10(13)16/h3-7H,1-2H3,(H2,13,16)(H,14,19)(H,17,18). The molecule has 4 N–H and O–H groups in total. The Labute approximate surface area is 110 Å². The summed E-state index contributed by atoms with van der Waals surface area (Å²) in [5.41, 5.74) is 5.85. The minimum absolute atomic E-state index is 0.324. The van der Waals surface area contributed by atoms with Gasteiger partial charge in [0.05, 0.1) is 0 Å². The van der Waals surface area contributed by atoms with Crippen molar-refractivity contribution >= 4 is 23.6 Å². The Kier molecular flexibility index (Phi) is 4.46. The number of carbonyl (C=O) groups is 3. The minimum Gasteiger partial charge on any atom is -0.480 e. The third kappa shape index (κ3) is 3.70. The van der Waals surface area contributed by atoms with E-state index in [0.29, 0.717) is 11.3 Å². The van der Waals surface area contributed by atoms with Crippen LogP contribution in [0.3, 0.4) is 0 Å². The van der Waals surface area contributed by atoms with Crippen LogP contribution >= 0.6 is 0 Å². The number of anilines is 1. The molecular formula is C12H15N3O4. The number of benzene rings is 1. The molecule has 3 amide bonds. The first-order valence-corrected chi connectivity index (χ1v) is 5.49. The van der Waals surface area contributed by atoms with Gasteiger partial charge in [-0.15, -0.1) is 0 Å². The Balaban J connectivity index is 2.71. The third-order valence-corrected chi connectivity index (χ3v) is 2.68. The number of carboxylic acids is 1. The second kappa shape index (κ2) is 5.85. The average molecular weight is 265 g/mol. The van der Waals surface area contributed by atoms with Crippen LogP contribution in [0.15, 0.2) is 24.3 Å². The lowest BCUT2D eigenvalue weighted by Crippen LogP contribution is -2.42. The Morgan fingerprint density at radius 3 is 2.21 bits per heavy atom. The smallest absolute Gasteiger partial charge is 0.326 e. The van der Waals surface area contributed by atoms with E-state index in [1.165, 1.54) is 38.2 Å². The van der Waals surface area contributed by atoms with E-state index in [2.05, 4.69) is 5.32 Å². The van der Waals surface area contributed by atoms with Crippen molar-refractivity contribution in [3.05, 3.63) is 29.8 Å². The number of amides is 3. The molecule has 0 spiro atoms. The number of hydrogen-bond donors (Lipinski definition) is 3. The molecule has 0 radical (unpaired) electrons. The highest BCUT2D eigenvalue weighted by molar-refractivity contribution is 5.95. The van der Waals surface area contributed by atoms with Crippen molar-refractivity contribution in [3.63, 3.8) is 0 Å². The van der Waals surface area contributed by atoms with Crippen molar-refractivity contribution in [2.24, 2.45) is 5.73 Å². The molecule has 102 valence electrons. The highest BCUT2D eigenvalue weighted by Crippen LogP contribution is 2.10. The van der Waals surface area contributed by atoms with Gasteiger partial charge in [0.25, 0.3) is 0 Å². The Bertz CT molecular complexity index is 498. The number of nitrogens with zero attached hydrogens (tertiary/aromatic N) is 1. The van der Waals surface area contributed by atoms with Gasteiger partial charge in [0, 0.05) is 18.3 Å². The lowest BCUT2D eigenvalue weighted by atomic mass is 10.2. The van der Waals surface area contributed by atoms with E-state index in [9.17, 15) is 14.4 Å². The SMILES string of the molecule is CC(C(=O)O)N(C)C(=O)Nc1ccc(C(N)=O)cc1. The molecule has 1 rings (SSSR count). The van der Waals surface area contributed by atoms with E-state index in [0.717, 1.165) is 4.90 Å². The second-order valence-corrected chi connectivity index (χ2v) is 4.00. The van der Waals surface area contributed by atoms with Gasteiger partial charge in [0.1, 0.15) is 6.04 Å². The summed E-state index contributed by atoms with van der Waals surface area (Å²) in [5, 5.41) is 11.3. The molecule has 1 aromatic rings. The molecule has 19 heavy (non-hydrogen) atoms. The zero-order chi connectivity index (χ0) is 14.6. The fourth-order valence-electron chi connectivity index (χ4n) is 1.27. The normalized spacial score (nSPS) is 11.5. The number of carbonyl (C=O) groups excluding carboxylic acids is 2. The minimum atomic E-state index is -1.10. The van der Waals surface area contributed by atoms with Crippen molar-refractivity contribution in [1.29, 1.82) is 0 Å². The Morgan fingerprint density at radius 1 is 1.26 bits per heavy atom. The van der Waals surface area contributed by atoms with Gasteiger partial charge in [-0.2, -0.15) is 0 Å². The van der Waals surface area contributed by atoms with Crippen LogP contribution in [0.1, 0.15) is 17.3 Å². The number of aliphatic carboxylic acids is 1. The average Bonchev–Trinajstić information content (AvgIpc) is 2.37. The lowest BCUT2D eigenvalue weighted by Gasteiger charge is -2.21. The number of urea groups is 1. The summed E-state index contributed by atoms with van der Waals surface area (Å²) in [5.74, 6) is -1.66. The van der Waals surface area contributed by atoms with Crippen molar-refractivity contribution in [1.82, 2.24) is 4.90 Å². The molecule has 0 bridgehead atoms. The fraction of sp³-hybridized carbons (Fsp3) is 0.250. The van der Waals surface area contributed by atoms with Crippen LogP contribution in [0, 0.1) is 0 Å². The first kappa shape index (κ1) is 14.5. The van der Waals surface area contributed by atoms with Crippen LogP contribution in [0.2, 0.25) is 0 Å². The summed E-state index contributed by atoms with van der Waals surface area (Å²) in [6.45, 7) is 1.40. The monoisotopic (exact) mass is 265 g/mol. The Hall–Kier alpha value is -2.57. The lowest BCUT2D eigenvalue weighted by molar-refractivity contribution is -0.141. The van der Waals surface area contributed by atoms with E-state index < -0.39 is 23.9 Å². The molecule has 0 fully saturated rings. The molecular weight excluding hydrogens is 250 g/mol. The van der Waals surface area contributed by atoms with Gasteiger partial charge in [-0.25, -0.2) is 9.59 Å². The number of likely N-dealkylation sites (N-methyl/N-ethyl adjacent to an activating group) is 1. The molecule has 1 atom stereocenters. The van der Waals surface area contributed by atoms with Gasteiger partial charge >= 0.3 is 12.0 Å². The van der Waals surface area contributed by atoms with E-state index >= 15 is 0 Å². The van der Waals surface area contributed by atoms with Crippen molar-refractivity contribution in [2.75, 3.05) is 12.4 Å².